The molecule has 0 N–H and O–H groups in total. The minimum Gasteiger partial charge on any atom is -0.310 e. The second-order valence-electron chi connectivity index (χ2n) is 30.4. The predicted octanol–water partition coefficient (Wildman–Crippen LogP) is 24.0. The summed E-state index contributed by atoms with van der Waals surface area (Å²) < 4.78 is 2.50. The van der Waals surface area contributed by atoms with Gasteiger partial charge in [0.1, 0.15) is 0 Å². The molecule has 0 bridgehead atoms. The van der Waals surface area contributed by atoms with Crippen LogP contribution < -0.4 is 26.2 Å². The highest BCUT2D eigenvalue weighted by molar-refractivity contribution is 7.00. The molecule has 0 fully saturated rings. The highest BCUT2D eigenvalue weighted by Crippen LogP contribution is 2.55. The Labute approximate surface area is 576 Å². The predicted molar refractivity (Wildman–Crippen MR) is 422 cm³/mol. The van der Waals surface area contributed by atoms with E-state index in [9.17, 15) is 0 Å². The average Bonchev–Trinajstić information content (AvgIpc) is 0.743. The first-order valence-electron chi connectivity index (χ1n) is 34.8. The highest BCUT2D eigenvalue weighted by atomic mass is 15.2. The van der Waals surface area contributed by atoms with Crippen LogP contribution in [-0.2, 0) is 16.2 Å². The summed E-state index contributed by atoms with van der Waals surface area (Å²) in [6.45, 7) is 21.0. The standard InChI is InChI=1S/C94H76BN3/c1-92(2,3)67-50-64-44-45-65-51-68(93(4,5)6)55-78-77(53-66(52-67)87(64)88(65)78)63-46-49-83-80(54-63)95-79-48-47-70(96-81-42-24-22-36-75(81)76-37-23-25-43-82(76)96)58-84(79)98(91-73(61-32-18-12-19-33-61)40-27-41-74(91)62-34-20-13-21-35-62)86-57-69(94(7,8)9)56-85(89(86)95)97(83)90-71(59-28-14-10-15-29-59)38-26-39-72(90)60-30-16-11-17-31-60/h10-58H,1-9H3. The zero-order valence-electron chi connectivity index (χ0n) is 57.2. The number of para-hydroxylation sites is 4. The van der Waals surface area contributed by atoms with E-state index in [0.29, 0.717) is 0 Å². The smallest absolute Gasteiger partial charge is 0.252 e. The molecule has 18 rings (SSSR count). The number of anilines is 6. The van der Waals surface area contributed by atoms with Gasteiger partial charge in [0.15, 0.2) is 0 Å². The Kier molecular flexibility index (Phi) is 13.4. The van der Waals surface area contributed by atoms with E-state index >= 15 is 0 Å². The summed E-state index contributed by atoms with van der Waals surface area (Å²) in [5, 5.41) is 10.3. The van der Waals surface area contributed by atoms with Gasteiger partial charge in [-0.05, 0) is 170 Å². The molecule has 2 aliphatic rings. The zero-order chi connectivity index (χ0) is 66.5. The molecule has 0 aliphatic carbocycles. The first-order chi connectivity index (χ1) is 47.5. The third-order valence-corrected chi connectivity index (χ3v) is 21.3. The molecule has 4 heteroatoms. The Morgan fingerprint density at radius 1 is 0.265 bits per heavy atom. The van der Waals surface area contributed by atoms with Crippen molar-refractivity contribution >= 4 is 111 Å². The van der Waals surface area contributed by atoms with Gasteiger partial charge in [-0.2, -0.15) is 0 Å². The monoisotopic (exact) mass is 1260 g/mol. The summed E-state index contributed by atoms with van der Waals surface area (Å²) in [5.41, 5.74) is 29.3. The molecule has 0 saturated carbocycles. The zero-order valence-corrected chi connectivity index (χ0v) is 57.2. The van der Waals surface area contributed by atoms with Crippen molar-refractivity contribution in [3.63, 3.8) is 0 Å². The molecule has 3 nitrogen and oxygen atoms in total. The van der Waals surface area contributed by atoms with Crippen molar-refractivity contribution in [3.8, 4) is 61.3 Å². The molecule has 470 valence electrons. The number of nitrogens with zero attached hydrogens (tertiary/aromatic N) is 3. The van der Waals surface area contributed by atoms with Crippen LogP contribution in [0.2, 0.25) is 0 Å². The summed E-state index contributed by atoms with van der Waals surface area (Å²) in [6, 6.07) is 114. The van der Waals surface area contributed by atoms with Crippen LogP contribution in [0, 0.1) is 0 Å². The molecule has 0 atom stereocenters. The molecule has 2 aliphatic heterocycles. The molecular weight excluding hydrogens is 1180 g/mol. The quantitative estimate of drug-likeness (QED) is 0.111. The number of hydrogen-bond donors (Lipinski definition) is 0. The van der Waals surface area contributed by atoms with Gasteiger partial charge >= 0.3 is 0 Å². The molecule has 0 unspecified atom stereocenters. The lowest BCUT2D eigenvalue weighted by Gasteiger charge is -2.46. The SMILES string of the molecule is CC(C)(C)c1cc2c3c(c1)N(c1c(-c4ccccc4)cccc1-c1ccccc1)c1cc(-n4c5ccccc5c5ccccc54)ccc1B3c1cc(-c3cc4cc(C(C)(C)C)cc5ccc6cc(C(C)(C)C)cc3c6c54)ccc1N2c1c(-c2ccccc2)cccc1-c1ccccc1. The van der Waals surface area contributed by atoms with Crippen LogP contribution in [0.1, 0.15) is 79.0 Å². The summed E-state index contributed by atoms with van der Waals surface area (Å²) >= 11 is 0. The van der Waals surface area contributed by atoms with Crippen LogP contribution in [0.25, 0.3) is 115 Å². The van der Waals surface area contributed by atoms with Crippen molar-refractivity contribution in [2.24, 2.45) is 0 Å². The van der Waals surface area contributed by atoms with Crippen LogP contribution in [0.3, 0.4) is 0 Å². The van der Waals surface area contributed by atoms with E-state index in [1.807, 2.05) is 0 Å². The normalized spacial score (nSPS) is 13.1. The van der Waals surface area contributed by atoms with Crippen molar-refractivity contribution in [2.75, 3.05) is 9.80 Å². The molecule has 0 amide bonds. The van der Waals surface area contributed by atoms with Crippen LogP contribution in [-0.4, -0.2) is 11.3 Å². The average molecular weight is 1260 g/mol. The lowest BCUT2D eigenvalue weighted by Crippen LogP contribution is -2.61. The molecule has 0 spiro atoms. The van der Waals surface area contributed by atoms with Crippen molar-refractivity contribution in [1.29, 1.82) is 0 Å². The Morgan fingerprint density at radius 2 is 0.694 bits per heavy atom. The Morgan fingerprint density at radius 3 is 1.18 bits per heavy atom. The van der Waals surface area contributed by atoms with Gasteiger partial charge in [-0.25, -0.2) is 0 Å². The van der Waals surface area contributed by atoms with Gasteiger partial charge in [-0.15, -0.1) is 0 Å². The van der Waals surface area contributed by atoms with E-state index in [0.717, 1.165) is 78.6 Å². The minimum absolute atomic E-state index is 0.0565. The van der Waals surface area contributed by atoms with Crippen molar-refractivity contribution in [2.45, 2.75) is 78.6 Å². The van der Waals surface area contributed by atoms with E-state index in [1.165, 1.54) is 104 Å². The van der Waals surface area contributed by atoms with Crippen molar-refractivity contribution < 1.29 is 0 Å². The van der Waals surface area contributed by atoms with E-state index in [1.54, 1.807) is 0 Å². The molecule has 98 heavy (non-hydrogen) atoms. The fourth-order valence-electron chi connectivity index (χ4n) is 16.4. The second kappa shape index (κ2) is 22.2. The summed E-state index contributed by atoms with van der Waals surface area (Å²) in [4.78, 5) is 5.41. The first-order valence-corrected chi connectivity index (χ1v) is 34.8. The minimum atomic E-state index is -0.289. The van der Waals surface area contributed by atoms with Crippen molar-refractivity contribution in [1.82, 2.24) is 4.57 Å². The van der Waals surface area contributed by atoms with Crippen LogP contribution >= 0.6 is 0 Å². The summed E-state index contributed by atoms with van der Waals surface area (Å²) in [6.07, 6.45) is 0. The highest BCUT2D eigenvalue weighted by Gasteiger charge is 2.46. The summed E-state index contributed by atoms with van der Waals surface area (Å²) in [5.74, 6) is 0. The van der Waals surface area contributed by atoms with E-state index in [-0.39, 0.29) is 23.0 Å². The molecule has 0 saturated heterocycles. The van der Waals surface area contributed by atoms with E-state index in [2.05, 4.69) is 374 Å². The molecule has 15 aromatic carbocycles. The Hall–Kier alpha value is -11.2. The van der Waals surface area contributed by atoms with E-state index < -0.39 is 0 Å². The van der Waals surface area contributed by atoms with Gasteiger partial charge in [0, 0.05) is 61.5 Å². The van der Waals surface area contributed by atoms with Crippen LogP contribution in [0.4, 0.5) is 34.1 Å². The maximum Gasteiger partial charge on any atom is 0.252 e. The van der Waals surface area contributed by atoms with Crippen molar-refractivity contribution in [3.05, 3.63) is 314 Å². The van der Waals surface area contributed by atoms with Gasteiger partial charge in [-0.3, -0.25) is 0 Å². The molecular formula is C94H76BN3. The Bertz CT molecular complexity index is 5700. The summed E-state index contributed by atoms with van der Waals surface area (Å²) in [7, 11) is 0. The van der Waals surface area contributed by atoms with Gasteiger partial charge in [0.25, 0.3) is 6.71 Å². The van der Waals surface area contributed by atoms with Crippen LogP contribution in [0.5, 0.6) is 0 Å². The molecule has 3 heterocycles. The van der Waals surface area contributed by atoms with E-state index in [4.69, 9.17) is 0 Å². The number of rotatable bonds is 8. The number of benzene rings is 15. The number of aromatic nitrogens is 1. The fraction of sp³-hybridized carbons (Fsp3) is 0.128. The second-order valence-corrected chi connectivity index (χ2v) is 30.4. The van der Waals surface area contributed by atoms with Crippen LogP contribution in [0.15, 0.2) is 297 Å². The largest absolute Gasteiger partial charge is 0.310 e. The Balaban J connectivity index is 1.02. The molecule has 1 aromatic heterocycles. The topological polar surface area (TPSA) is 11.4 Å². The number of hydrogen-bond acceptors (Lipinski definition) is 2. The lowest BCUT2D eigenvalue weighted by molar-refractivity contribution is 0.590. The first kappa shape index (κ1) is 59.3. The van der Waals surface area contributed by atoms with Gasteiger partial charge < -0.3 is 14.4 Å². The number of fused-ring (bicyclic) bond motifs is 7. The van der Waals surface area contributed by atoms with Gasteiger partial charge in [0.2, 0.25) is 0 Å². The van der Waals surface area contributed by atoms with Gasteiger partial charge in [0.05, 0.1) is 22.4 Å². The maximum absolute atomic E-state index is 2.71. The maximum atomic E-state index is 2.71. The third-order valence-electron chi connectivity index (χ3n) is 21.3. The molecule has 16 aromatic rings. The van der Waals surface area contributed by atoms with Gasteiger partial charge in [-0.1, -0.05) is 305 Å². The fourth-order valence-corrected chi connectivity index (χ4v) is 16.4. The molecule has 0 radical (unpaired) electrons. The third kappa shape index (κ3) is 9.39. The lowest BCUT2D eigenvalue weighted by atomic mass is 9.33.